The van der Waals surface area contributed by atoms with Gasteiger partial charge in [0.25, 0.3) is 0 Å². The summed E-state index contributed by atoms with van der Waals surface area (Å²) >= 11 is 0. The summed E-state index contributed by atoms with van der Waals surface area (Å²) < 4.78 is 0. The van der Waals surface area contributed by atoms with E-state index in [1.54, 1.807) is 0 Å². The monoisotopic (exact) mass is 448 g/mol. The molecule has 32 heavy (non-hydrogen) atoms. The zero-order valence-corrected chi connectivity index (χ0v) is 21.9. The van der Waals surface area contributed by atoms with E-state index in [1.807, 2.05) is 0 Å². The van der Waals surface area contributed by atoms with Gasteiger partial charge in [-0.05, 0) is 25.7 Å². The van der Waals surface area contributed by atoms with E-state index < -0.39 is 0 Å². The van der Waals surface area contributed by atoms with Crippen molar-refractivity contribution >= 4 is 11.6 Å². The van der Waals surface area contributed by atoms with Crippen molar-refractivity contribution in [3.63, 3.8) is 0 Å². The fraction of sp³-hybridized carbons (Fsp3) is 0.933. The fourth-order valence-corrected chi connectivity index (χ4v) is 5.49. The molecule has 0 heterocycles. The van der Waals surface area contributed by atoms with E-state index in [9.17, 15) is 9.59 Å². The van der Waals surface area contributed by atoms with Crippen molar-refractivity contribution in [2.75, 3.05) is 0 Å². The quantitative estimate of drug-likeness (QED) is 0.154. The molecule has 0 aromatic carbocycles. The first-order valence-corrected chi connectivity index (χ1v) is 14.8. The van der Waals surface area contributed by atoms with Gasteiger partial charge >= 0.3 is 0 Å². The maximum absolute atomic E-state index is 12.9. The van der Waals surface area contributed by atoms with Crippen LogP contribution >= 0.6 is 0 Å². The first-order valence-electron chi connectivity index (χ1n) is 14.8. The summed E-state index contributed by atoms with van der Waals surface area (Å²) in [5, 5.41) is 0. The van der Waals surface area contributed by atoms with Crippen LogP contribution in [-0.4, -0.2) is 11.6 Å². The highest BCUT2D eigenvalue weighted by Crippen LogP contribution is 2.34. The third-order valence-electron chi connectivity index (χ3n) is 7.65. The van der Waals surface area contributed by atoms with Gasteiger partial charge < -0.3 is 0 Å². The molecule has 0 bridgehead atoms. The summed E-state index contributed by atoms with van der Waals surface area (Å²) in [6.07, 6.45) is 28.8. The Kier molecular flexibility index (Phi) is 19.2. The first kappa shape index (κ1) is 29.4. The molecule has 0 N–H and O–H groups in total. The highest BCUT2D eigenvalue weighted by atomic mass is 16.1. The molecule has 1 rings (SSSR count). The molecule has 0 spiro atoms. The highest BCUT2D eigenvalue weighted by molar-refractivity contribution is 5.90. The molecule has 1 saturated carbocycles. The summed E-state index contributed by atoms with van der Waals surface area (Å²) in [6.45, 7) is 4.53. The molecular weight excluding hydrogens is 392 g/mol. The molecule has 0 unspecified atom stereocenters. The molecule has 2 heteroatoms. The van der Waals surface area contributed by atoms with Crippen molar-refractivity contribution in [2.45, 2.75) is 168 Å². The largest absolute Gasteiger partial charge is 0.299 e. The van der Waals surface area contributed by atoms with Crippen molar-refractivity contribution in [3.05, 3.63) is 0 Å². The van der Waals surface area contributed by atoms with E-state index >= 15 is 0 Å². The molecule has 1 fully saturated rings. The Morgan fingerprint density at radius 2 is 0.750 bits per heavy atom. The molecule has 0 radical (unpaired) electrons. The minimum Gasteiger partial charge on any atom is -0.299 e. The summed E-state index contributed by atoms with van der Waals surface area (Å²) in [5.41, 5.74) is 0. The molecule has 0 aromatic heterocycles. The van der Waals surface area contributed by atoms with Crippen LogP contribution in [0.2, 0.25) is 0 Å². The van der Waals surface area contributed by atoms with Crippen LogP contribution < -0.4 is 0 Å². The van der Waals surface area contributed by atoms with Gasteiger partial charge in [-0.1, -0.05) is 129 Å². The van der Waals surface area contributed by atoms with Crippen LogP contribution in [0, 0.1) is 11.8 Å². The van der Waals surface area contributed by atoms with Crippen molar-refractivity contribution in [2.24, 2.45) is 11.8 Å². The zero-order valence-electron chi connectivity index (χ0n) is 21.9. The number of Topliss-reactive ketones (excluding diaryl/α,β-unsaturated/α-hetero) is 2. The maximum atomic E-state index is 12.9. The average Bonchev–Trinajstić information content (AvgIpc) is 2.81. The van der Waals surface area contributed by atoms with Gasteiger partial charge in [0.1, 0.15) is 11.6 Å². The smallest absolute Gasteiger partial charge is 0.136 e. The van der Waals surface area contributed by atoms with Gasteiger partial charge in [-0.25, -0.2) is 0 Å². The van der Waals surface area contributed by atoms with E-state index in [-0.39, 0.29) is 11.8 Å². The number of unbranched alkanes of at least 4 members (excludes halogenated alkanes) is 16. The van der Waals surface area contributed by atoms with E-state index in [4.69, 9.17) is 0 Å². The van der Waals surface area contributed by atoms with Crippen LogP contribution in [0.5, 0.6) is 0 Å². The van der Waals surface area contributed by atoms with Crippen molar-refractivity contribution < 1.29 is 9.59 Å². The number of carbonyl (C=O) groups excluding carboxylic acids is 2. The van der Waals surface area contributed by atoms with Crippen molar-refractivity contribution in [3.8, 4) is 0 Å². The topological polar surface area (TPSA) is 34.1 Å². The summed E-state index contributed by atoms with van der Waals surface area (Å²) in [6, 6.07) is 0. The van der Waals surface area contributed by atoms with Crippen LogP contribution in [0.1, 0.15) is 168 Å². The zero-order chi connectivity index (χ0) is 23.3. The Labute approximate surface area is 201 Å². The predicted octanol–water partition coefficient (Wildman–Crippen LogP) is 9.77. The molecule has 0 saturated heterocycles. The number of hydrogen-bond acceptors (Lipinski definition) is 2. The number of carbonyl (C=O) groups is 2. The van der Waals surface area contributed by atoms with Crippen LogP contribution in [0.3, 0.4) is 0 Å². The average molecular weight is 449 g/mol. The number of rotatable bonds is 22. The second-order valence-corrected chi connectivity index (χ2v) is 10.6. The van der Waals surface area contributed by atoms with Gasteiger partial charge in [-0.2, -0.15) is 0 Å². The molecule has 0 aliphatic heterocycles. The van der Waals surface area contributed by atoms with Gasteiger partial charge in [0.15, 0.2) is 0 Å². The maximum Gasteiger partial charge on any atom is 0.136 e. The normalized spacial score (nSPS) is 18.7. The van der Waals surface area contributed by atoms with Gasteiger partial charge in [0, 0.05) is 24.7 Å². The lowest BCUT2D eigenvalue weighted by Crippen LogP contribution is -2.32. The molecule has 2 atom stereocenters. The lowest BCUT2D eigenvalue weighted by Gasteiger charge is -2.29. The summed E-state index contributed by atoms with van der Waals surface area (Å²) in [5.74, 6) is 0.892. The highest BCUT2D eigenvalue weighted by Gasteiger charge is 2.34. The van der Waals surface area contributed by atoms with Gasteiger partial charge in [-0.3, -0.25) is 9.59 Å². The molecular formula is C30H56O2. The molecule has 0 amide bonds. The molecule has 1 aliphatic rings. The number of ketones is 2. The Morgan fingerprint density at radius 3 is 1.06 bits per heavy atom. The van der Waals surface area contributed by atoms with Crippen molar-refractivity contribution in [1.29, 1.82) is 0 Å². The number of hydrogen-bond donors (Lipinski definition) is 0. The molecule has 2 nitrogen and oxygen atoms in total. The van der Waals surface area contributed by atoms with E-state index in [0.717, 1.165) is 38.5 Å². The molecule has 0 aromatic rings. The minimum atomic E-state index is 0.0452. The lowest BCUT2D eigenvalue weighted by atomic mass is 9.73. The molecule has 1 aliphatic carbocycles. The van der Waals surface area contributed by atoms with E-state index in [0.29, 0.717) is 24.4 Å². The van der Waals surface area contributed by atoms with Crippen LogP contribution in [0.25, 0.3) is 0 Å². The standard InChI is InChI=1S/C30H56O2/c1-3-5-7-9-11-13-15-17-19-25-29(31)27-23-21-22-24-28(27)30(32)26-20-18-16-14-12-10-8-6-4-2/h27-28H,3-26H2,1-2H3/t27-,28-/m1/s1. The third kappa shape index (κ3) is 14.5. The Bertz CT molecular complexity index is 414. The van der Waals surface area contributed by atoms with Gasteiger partial charge in [0.05, 0.1) is 0 Å². The third-order valence-corrected chi connectivity index (χ3v) is 7.65. The SMILES string of the molecule is CCCCCCCCCCCC(=O)[C@@H]1CCCC[C@H]1C(=O)CCCCCCCCCCC. The minimum absolute atomic E-state index is 0.0452. The predicted molar refractivity (Wildman–Crippen MR) is 139 cm³/mol. The van der Waals surface area contributed by atoms with Crippen LogP contribution in [-0.2, 0) is 9.59 Å². The summed E-state index contributed by atoms with van der Waals surface area (Å²) in [7, 11) is 0. The summed E-state index contributed by atoms with van der Waals surface area (Å²) in [4.78, 5) is 25.8. The Morgan fingerprint density at radius 1 is 0.469 bits per heavy atom. The molecule has 188 valence electrons. The lowest BCUT2D eigenvalue weighted by molar-refractivity contribution is -0.134. The van der Waals surface area contributed by atoms with Gasteiger partial charge in [0.2, 0.25) is 0 Å². The Hall–Kier alpha value is -0.660. The second kappa shape index (κ2) is 20.9. The van der Waals surface area contributed by atoms with Crippen LogP contribution in [0.4, 0.5) is 0 Å². The Balaban J connectivity index is 2.15. The van der Waals surface area contributed by atoms with Crippen LogP contribution in [0.15, 0.2) is 0 Å². The second-order valence-electron chi connectivity index (χ2n) is 10.6. The first-order chi connectivity index (χ1) is 15.7. The van der Waals surface area contributed by atoms with E-state index in [2.05, 4.69) is 13.8 Å². The van der Waals surface area contributed by atoms with Gasteiger partial charge in [-0.15, -0.1) is 0 Å². The van der Waals surface area contributed by atoms with Crippen molar-refractivity contribution in [1.82, 2.24) is 0 Å². The van der Waals surface area contributed by atoms with E-state index in [1.165, 1.54) is 103 Å². The fourth-order valence-electron chi connectivity index (χ4n) is 5.49.